The third kappa shape index (κ3) is 4.29. The van der Waals surface area contributed by atoms with E-state index in [0.717, 1.165) is 17.5 Å². The third-order valence-corrected chi connectivity index (χ3v) is 3.71. The molecule has 0 unspecified atom stereocenters. The summed E-state index contributed by atoms with van der Waals surface area (Å²) in [6, 6.07) is 16.5. The van der Waals surface area contributed by atoms with Gasteiger partial charge in [-0.05, 0) is 29.3 Å². The fraction of sp³-hybridized carbons (Fsp3) is 0.167. The van der Waals surface area contributed by atoms with Gasteiger partial charge in [-0.1, -0.05) is 49.4 Å². The number of nitrogens with one attached hydrogen (secondary N) is 2. The zero-order valence-electron chi connectivity index (χ0n) is 14.2. The summed E-state index contributed by atoms with van der Waals surface area (Å²) in [6.45, 7) is 1.88. The lowest BCUT2D eigenvalue weighted by Crippen LogP contribution is -2.43. The molecule has 0 atom stereocenters. The number of nitrogens with zero attached hydrogens (tertiary/aromatic N) is 4. The Hall–Kier alpha value is -3.55. The van der Waals surface area contributed by atoms with Crippen LogP contribution in [0.3, 0.4) is 0 Å². The van der Waals surface area contributed by atoms with E-state index in [2.05, 4.69) is 26.3 Å². The lowest BCUT2D eigenvalue weighted by atomic mass is 10.1. The molecule has 132 valence electrons. The second kappa shape index (κ2) is 8.02. The minimum Gasteiger partial charge on any atom is -0.271 e. The number of rotatable bonds is 5. The van der Waals surface area contributed by atoms with Gasteiger partial charge in [-0.2, -0.15) is 4.80 Å². The van der Waals surface area contributed by atoms with E-state index in [0.29, 0.717) is 11.4 Å². The maximum atomic E-state index is 12.0. The molecular formula is C18H18N6O2. The predicted octanol–water partition coefficient (Wildman–Crippen LogP) is 1.36. The molecular weight excluding hydrogens is 332 g/mol. The molecule has 0 saturated carbocycles. The summed E-state index contributed by atoms with van der Waals surface area (Å²) in [5.41, 5.74) is 7.12. The van der Waals surface area contributed by atoms with E-state index in [-0.39, 0.29) is 6.54 Å². The summed E-state index contributed by atoms with van der Waals surface area (Å²) in [6.07, 6.45) is 0.897. The molecule has 26 heavy (non-hydrogen) atoms. The number of hydrogen-bond acceptors (Lipinski definition) is 5. The van der Waals surface area contributed by atoms with Crippen molar-refractivity contribution in [2.24, 2.45) is 0 Å². The first-order valence-electron chi connectivity index (χ1n) is 8.17. The average Bonchev–Trinajstić information content (AvgIpc) is 3.15. The molecule has 1 heterocycles. The molecule has 3 rings (SSSR count). The van der Waals surface area contributed by atoms with Crippen molar-refractivity contribution >= 4 is 11.8 Å². The first-order chi connectivity index (χ1) is 12.7. The van der Waals surface area contributed by atoms with Gasteiger partial charge in [0.2, 0.25) is 5.82 Å². The number of aryl methyl sites for hydroxylation is 1. The van der Waals surface area contributed by atoms with Crippen molar-refractivity contribution in [1.82, 2.24) is 31.1 Å². The highest BCUT2D eigenvalue weighted by molar-refractivity contribution is 5.95. The maximum absolute atomic E-state index is 12.0. The van der Waals surface area contributed by atoms with Crippen LogP contribution in [0.1, 0.15) is 22.8 Å². The van der Waals surface area contributed by atoms with Crippen LogP contribution >= 0.6 is 0 Å². The van der Waals surface area contributed by atoms with Crippen molar-refractivity contribution in [3.05, 3.63) is 65.7 Å². The molecule has 0 fully saturated rings. The summed E-state index contributed by atoms with van der Waals surface area (Å²) in [4.78, 5) is 25.1. The van der Waals surface area contributed by atoms with Gasteiger partial charge < -0.3 is 0 Å². The van der Waals surface area contributed by atoms with Gasteiger partial charge in [0.1, 0.15) is 6.54 Å². The van der Waals surface area contributed by atoms with Crippen molar-refractivity contribution in [2.45, 2.75) is 19.9 Å². The Morgan fingerprint density at radius 3 is 2.42 bits per heavy atom. The highest BCUT2D eigenvalue weighted by Crippen LogP contribution is 2.11. The largest absolute Gasteiger partial charge is 0.271 e. The minimum absolute atomic E-state index is 0.158. The molecule has 2 aromatic carbocycles. The topological polar surface area (TPSA) is 102 Å². The van der Waals surface area contributed by atoms with Gasteiger partial charge in [-0.25, -0.2) is 0 Å². The Labute approximate surface area is 150 Å². The number of aromatic nitrogens is 4. The Balaban J connectivity index is 1.52. The van der Waals surface area contributed by atoms with Crippen LogP contribution in [-0.2, 0) is 17.8 Å². The molecule has 0 spiro atoms. The number of carbonyl (C=O) groups is 2. The quantitative estimate of drug-likeness (QED) is 0.677. The lowest BCUT2D eigenvalue weighted by Gasteiger charge is -2.07. The molecule has 0 radical (unpaired) electrons. The second-order valence-corrected chi connectivity index (χ2v) is 5.56. The zero-order valence-corrected chi connectivity index (χ0v) is 14.2. The van der Waals surface area contributed by atoms with Gasteiger partial charge in [0.15, 0.2) is 0 Å². The predicted molar refractivity (Wildman–Crippen MR) is 94.7 cm³/mol. The monoisotopic (exact) mass is 350 g/mol. The van der Waals surface area contributed by atoms with E-state index in [1.54, 1.807) is 12.1 Å². The van der Waals surface area contributed by atoms with Crippen molar-refractivity contribution in [1.29, 1.82) is 0 Å². The van der Waals surface area contributed by atoms with Gasteiger partial charge in [-0.15, -0.1) is 10.2 Å². The summed E-state index contributed by atoms with van der Waals surface area (Å²) < 4.78 is 0. The van der Waals surface area contributed by atoms with E-state index in [1.165, 1.54) is 4.80 Å². The molecule has 1 aromatic heterocycles. The van der Waals surface area contributed by atoms with E-state index in [4.69, 9.17) is 0 Å². The van der Waals surface area contributed by atoms with Crippen molar-refractivity contribution in [3.8, 4) is 11.4 Å². The molecule has 0 aliphatic heterocycles. The van der Waals surface area contributed by atoms with E-state index in [1.807, 2.05) is 49.4 Å². The average molecular weight is 350 g/mol. The highest BCUT2D eigenvalue weighted by Gasteiger charge is 2.11. The molecule has 8 heteroatoms. The second-order valence-electron chi connectivity index (χ2n) is 5.56. The molecule has 0 bridgehead atoms. The van der Waals surface area contributed by atoms with Crippen LogP contribution in [0.25, 0.3) is 11.4 Å². The molecule has 2 amide bonds. The molecule has 8 nitrogen and oxygen atoms in total. The van der Waals surface area contributed by atoms with Gasteiger partial charge in [-0.3, -0.25) is 20.4 Å². The molecule has 0 aliphatic rings. The van der Waals surface area contributed by atoms with Gasteiger partial charge in [0, 0.05) is 11.1 Å². The number of carbonyl (C=O) groups excluding carboxylic acids is 2. The van der Waals surface area contributed by atoms with E-state index >= 15 is 0 Å². The maximum Gasteiger partial charge on any atom is 0.269 e. The number of benzene rings is 2. The minimum atomic E-state index is -0.458. The Bertz CT molecular complexity index is 890. The molecule has 0 aliphatic carbocycles. The van der Waals surface area contributed by atoms with Crippen molar-refractivity contribution in [3.63, 3.8) is 0 Å². The molecule has 0 saturated heterocycles. The van der Waals surface area contributed by atoms with E-state index in [9.17, 15) is 9.59 Å². The van der Waals surface area contributed by atoms with Crippen molar-refractivity contribution < 1.29 is 9.59 Å². The van der Waals surface area contributed by atoms with Crippen LogP contribution < -0.4 is 10.9 Å². The smallest absolute Gasteiger partial charge is 0.269 e. The Kier molecular flexibility index (Phi) is 5.33. The number of tetrazole rings is 1. The van der Waals surface area contributed by atoms with E-state index < -0.39 is 11.8 Å². The summed E-state index contributed by atoms with van der Waals surface area (Å²) in [7, 11) is 0. The van der Waals surface area contributed by atoms with Crippen LogP contribution in [-0.4, -0.2) is 32.0 Å². The first kappa shape index (κ1) is 17.3. The van der Waals surface area contributed by atoms with Gasteiger partial charge >= 0.3 is 0 Å². The van der Waals surface area contributed by atoms with Crippen LogP contribution in [0.4, 0.5) is 0 Å². The van der Waals surface area contributed by atoms with Crippen LogP contribution in [0.15, 0.2) is 54.6 Å². The highest BCUT2D eigenvalue weighted by atomic mass is 16.2. The summed E-state index contributed by atoms with van der Waals surface area (Å²) in [5.74, 6) is -0.420. The SMILES string of the molecule is CCc1ccc(C(=O)NNC(=O)Cn2nnc(-c3ccccc3)n2)cc1. The summed E-state index contributed by atoms with van der Waals surface area (Å²) >= 11 is 0. The standard InChI is InChI=1S/C18H18N6O2/c1-2-13-8-10-15(11-9-13)18(26)21-19-16(25)12-24-22-17(20-23-24)14-6-4-3-5-7-14/h3-11H,2,12H2,1H3,(H,19,25)(H,21,26). The number of hydrogen-bond donors (Lipinski definition) is 2. The van der Waals surface area contributed by atoms with Gasteiger partial charge in [0.05, 0.1) is 0 Å². The lowest BCUT2D eigenvalue weighted by molar-refractivity contribution is -0.122. The number of amides is 2. The van der Waals surface area contributed by atoms with Crippen LogP contribution in [0.5, 0.6) is 0 Å². The Morgan fingerprint density at radius 2 is 1.73 bits per heavy atom. The van der Waals surface area contributed by atoms with Crippen LogP contribution in [0, 0.1) is 0 Å². The van der Waals surface area contributed by atoms with Gasteiger partial charge in [0.25, 0.3) is 11.8 Å². The fourth-order valence-electron chi connectivity index (χ4n) is 2.27. The Morgan fingerprint density at radius 1 is 1.00 bits per heavy atom. The van der Waals surface area contributed by atoms with Crippen LogP contribution in [0.2, 0.25) is 0 Å². The molecule has 3 aromatic rings. The zero-order chi connectivity index (χ0) is 18.4. The third-order valence-electron chi connectivity index (χ3n) is 3.71. The normalized spacial score (nSPS) is 10.3. The number of hydrazine groups is 1. The molecule has 2 N–H and O–H groups in total. The first-order valence-corrected chi connectivity index (χ1v) is 8.17. The fourth-order valence-corrected chi connectivity index (χ4v) is 2.27. The summed E-state index contributed by atoms with van der Waals surface area (Å²) in [5, 5.41) is 11.9. The van der Waals surface area contributed by atoms with Crippen molar-refractivity contribution in [2.75, 3.05) is 0 Å².